The van der Waals surface area contributed by atoms with Crippen molar-refractivity contribution >= 4 is 11.6 Å². The minimum absolute atomic E-state index is 0.0612. The van der Waals surface area contributed by atoms with Gasteiger partial charge < -0.3 is 10.2 Å². The number of carbonyl (C=O) groups is 1. The van der Waals surface area contributed by atoms with Crippen LogP contribution in [0.25, 0.3) is 0 Å². The summed E-state index contributed by atoms with van der Waals surface area (Å²) in [5, 5.41) is 11.9. The Morgan fingerprint density at radius 1 is 1.47 bits per heavy atom. The molecule has 0 bridgehead atoms. The zero-order chi connectivity index (χ0) is 14.0. The first-order valence-corrected chi connectivity index (χ1v) is 6.41. The number of nitrogens with zero attached hydrogens (tertiary/aromatic N) is 2. The predicted molar refractivity (Wildman–Crippen MR) is 74.5 cm³/mol. The standard InChI is InChI=1S/C15H19N3O/c1-15(2,9-16)10-18(3)8-11-4-5-13-12(6-11)7-14(19)17-13/h4-6H,7-8,10H2,1-3H3,(H,17,19). The van der Waals surface area contributed by atoms with Crippen LogP contribution in [0.3, 0.4) is 0 Å². The third-order valence-electron chi connectivity index (χ3n) is 3.22. The molecule has 0 fully saturated rings. The van der Waals surface area contributed by atoms with Gasteiger partial charge in [0.05, 0.1) is 17.9 Å². The molecule has 1 heterocycles. The number of nitriles is 1. The highest BCUT2D eigenvalue weighted by Crippen LogP contribution is 2.24. The van der Waals surface area contributed by atoms with E-state index in [0.717, 1.165) is 24.3 Å². The van der Waals surface area contributed by atoms with Crippen molar-refractivity contribution in [3.8, 4) is 6.07 Å². The van der Waals surface area contributed by atoms with Gasteiger partial charge >= 0.3 is 0 Å². The Hall–Kier alpha value is -1.86. The molecule has 100 valence electrons. The molecule has 1 N–H and O–H groups in total. The molecule has 0 aliphatic carbocycles. The van der Waals surface area contributed by atoms with Gasteiger partial charge in [0, 0.05) is 18.8 Å². The molecule has 1 aliphatic rings. The average Bonchev–Trinajstić information content (AvgIpc) is 2.67. The smallest absolute Gasteiger partial charge is 0.228 e. The lowest BCUT2D eigenvalue weighted by Crippen LogP contribution is -2.29. The Bertz CT molecular complexity index is 543. The van der Waals surface area contributed by atoms with Gasteiger partial charge in [-0.3, -0.25) is 4.79 Å². The van der Waals surface area contributed by atoms with Gasteiger partial charge in [-0.25, -0.2) is 0 Å². The normalized spacial score (nSPS) is 14.2. The lowest BCUT2D eigenvalue weighted by molar-refractivity contribution is -0.115. The van der Waals surface area contributed by atoms with E-state index in [-0.39, 0.29) is 11.3 Å². The summed E-state index contributed by atoms with van der Waals surface area (Å²) < 4.78 is 0. The molecule has 19 heavy (non-hydrogen) atoms. The van der Waals surface area contributed by atoms with E-state index in [1.54, 1.807) is 0 Å². The van der Waals surface area contributed by atoms with Crippen molar-refractivity contribution in [2.24, 2.45) is 5.41 Å². The molecule has 4 nitrogen and oxygen atoms in total. The number of hydrogen-bond acceptors (Lipinski definition) is 3. The van der Waals surface area contributed by atoms with E-state index in [1.165, 1.54) is 5.56 Å². The van der Waals surface area contributed by atoms with Gasteiger partial charge in [-0.2, -0.15) is 5.26 Å². The van der Waals surface area contributed by atoms with Crippen LogP contribution < -0.4 is 5.32 Å². The fourth-order valence-electron chi connectivity index (χ4n) is 2.46. The Morgan fingerprint density at radius 3 is 2.89 bits per heavy atom. The summed E-state index contributed by atoms with van der Waals surface area (Å²) in [6, 6.07) is 8.37. The molecular formula is C15H19N3O. The van der Waals surface area contributed by atoms with Gasteiger partial charge in [-0.1, -0.05) is 12.1 Å². The number of carbonyl (C=O) groups excluding carboxylic acids is 1. The molecule has 4 heteroatoms. The molecule has 0 aromatic heterocycles. The van der Waals surface area contributed by atoms with Gasteiger partial charge in [0.25, 0.3) is 0 Å². The Labute approximate surface area is 114 Å². The SMILES string of the molecule is CN(Cc1ccc2c(c1)CC(=O)N2)CC(C)(C)C#N. The highest BCUT2D eigenvalue weighted by atomic mass is 16.1. The maximum Gasteiger partial charge on any atom is 0.228 e. The van der Waals surface area contributed by atoms with Crippen LogP contribution in [0.2, 0.25) is 0 Å². The molecule has 0 unspecified atom stereocenters. The van der Waals surface area contributed by atoms with Crippen molar-refractivity contribution < 1.29 is 4.79 Å². The Morgan fingerprint density at radius 2 is 2.21 bits per heavy atom. The van der Waals surface area contributed by atoms with E-state index < -0.39 is 0 Å². The van der Waals surface area contributed by atoms with Crippen LogP contribution in [0.5, 0.6) is 0 Å². The lowest BCUT2D eigenvalue weighted by Gasteiger charge is -2.24. The van der Waals surface area contributed by atoms with Crippen LogP contribution in [0.15, 0.2) is 18.2 Å². The average molecular weight is 257 g/mol. The summed E-state index contributed by atoms with van der Waals surface area (Å²) in [6.07, 6.45) is 0.469. The summed E-state index contributed by atoms with van der Waals surface area (Å²) in [5.74, 6) is 0.0612. The first-order chi connectivity index (χ1) is 8.89. The maximum absolute atomic E-state index is 11.3. The zero-order valence-corrected chi connectivity index (χ0v) is 11.7. The van der Waals surface area contributed by atoms with Crippen molar-refractivity contribution in [1.29, 1.82) is 5.26 Å². The molecule has 1 amide bonds. The van der Waals surface area contributed by atoms with E-state index in [2.05, 4.69) is 22.4 Å². The molecule has 0 radical (unpaired) electrons. The monoisotopic (exact) mass is 257 g/mol. The Balaban J connectivity index is 2.03. The summed E-state index contributed by atoms with van der Waals surface area (Å²) in [7, 11) is 2.01. The fourth-order valence-corrected chi connectivity index (χ4v) is 2.46. The minimum atomic E-state index is -0.344. The van der Waals surface area contributed by atoms with Crippen LogP contribution in [-0.2, 0) is 17.8 Å². The number of rotatable bonds is 4. The molecule has 2 rings (SSSR count). The van der Waals surface area contributed by atoms with Gasteiger partial charge in [-0.15, -0.1) is 0 Å². The van der Waals surface area contributed by atoms with Crippen LogP contribution in [0.1, 0.15) is 25.0 Å². The van der Waals surface area contributed by atoms with Gasteiger partial charge in [0.2, 0.25) is 5.91 Å². The highest BCUT2D eigenvalue weighted by molar-refractivity contribution is 5.99. The van der Waals surface area contributed by atoms with Crippen LogP contribution in [0, 0.1) is 16.7 Å². The van der Waals surface area contributed by atoms with Crippen LogP contribution in [-0.4, -0.2) is 24.4 Å². The van der Waals surface area contributed by atoms with E-state index in [9.17, 15) is 4.79 Å². The molecule has 0 saturated heterocycles. The van der Waals surface area contributed by atoms with Gasteiger partial charge in [0.15, 0.2) is 0 Å². The van der Waals surface area contributed by atoms with Crippen LogP contribution in [0.4, 0.5) is 5.69 Å². The molecule has 0 spiro atoms. The van der Waals surface area contributed by atoms with Crippen molar-refractivity contribution in [3.05, 3.63) is 29.3 Å². The maximum atomic E-state index is 11.3. The van der Waals surface area contributed by atoms with Crippen molar-refractivity contribution in [2.45, 2.75) is 26.8 Å². The van der Waals surface area contributed by atoms with Crippen molar-refractivity contribution in [3.63, 3.8) is 0 Å². The molecule has 1 aromatic rings. The minimum Gasteiger partial charge on any atom is -0.326 e. The fraction of sp³-hybridized carbons (Fsp3) is 0.467. The molecule has 0 atom stereocenters. The quantitative estimate of drug-likeness (QED) is 0.899. The molecule has 1 aliphatic heterocycles. The Kier molecular flexibility index (Phi) is 3.59. The summed E-state index contributed by atoms with van der Waals surface area (Å²) in [5.41, 5.74) is 2.82. The molecule has 0 saturated carbocycles. The number of nitrogens with one attached hydrogen (secondary N) is 1. The zero-order valence-electron chi connectivity index (χ0n) is 11.7. The van der Waals surface area contributed by atoms with Gasteiger partial charge in [-0.05, 0) is 38.1 Å². The molecular weight excluding hydrogens is 238 g/mol. The third kappa shape index (κ3) is 3.33. The lowest BCUT2D eigenvalue weighted by atomic mass is 9.95. The van der Waals surface area contributed by atoms with E-state index >= 15 is 0 Å². The third-order valence-corrected chi connectivity index (χ3v) is 3.22. The number of benzene rings is 1. The second kappa shape index (κ2) is 5.02. The number of anilines is 1. The number of hydrogen-bond donors (Lipinski definition) is 1. The second-order valence-electron chi connectivity index (χ2n) is 5.88. The predicted octanol–water partition coefficient (Wildman–Crippen LogP) is 2.16. The first-order valence-electron chi connectivity index (χ1n) is 6.41. The van der Waals surface area contributed by atoms with E-state index in [4.69, 9.17) is 5.26 Å². The number of fused-ring (bicyclic) bond motifs is 1. The summed E-state index contributed by atoms with van der Waals surface area (Å²) in [4.78, 5) is 13.4. The number of amides is 1. The highest BCUT2D eigenvalue weighted by Gasteiger charge is 2.20. The largest absolute Gasteiger partial charge is 0.326 e. The van der Waals surface area contributed by atoms with Gasteiger partial charge in [0.1, 0.15) is 0 Å². The van der Waals surface area contributed by atoms with Crippen LogP contribution >= 0.6 is 0 Å². The summed E-state index contributed by atoms with van der Waals surface area (Å²) >= 11 is 0. The van der Waals surface area contributed by atoms with E-state index in [0.29, 0.717) is 6.42 Å². The van der Waals surface area contributed by atoms with Crippen molar-refractivity contribution in [1.82, 2.24) is 4.90 Å². The first kappa shape index (κ1) is 13.6. The topological polar surface area (TPSA) is 56.1 Å². The second-order valence-corrected chi connectivity index (χ2v) is 5.88. The molecule has 1 aromatic carbocycles. The van der Waals surface area contributed by atoms with E-state index in [1.807, 2.05) is 33.0 Å². The summed E-state index contributed by atoms with van der Waals surface area (Å²) in [6.45, 7) is 5.38. The van der Waals surface area contributed by atoms with Crippen molar-refractivity contribution in [2.75, 3.05) is 18.9 Å².